The van der Waals surface area contributed by atoms with E-state index in [0.29, 0.717) is 12.0 Å². The van der Waals surface area contributed by atoms with Gasteiger partial charge >= 0.3 is 0 Å². The molecule has 1 N–H and O–H groups in total. The largest absolute Gasteiger partial charge is 0.314 e. The smallest absolute Gasteiger partial charge is 0.0446 e. The normalized spacial score (nSPS) is 13.8. The molecule has 1 aromatic carbocycles. The third-order valence-corrected chi connectivity index (χ3v) is 5.17. The molecule has 0 aliphatic carbocycles. The van der Waals surface area contributed by atoms with E-state index in [1.807, 2.05) is 6.07 Å². The Morgan fingerprint density at radius 1 is 1.21 bits per heavy atom. The van der Waals surface area contributed by atoms with E-state index in [9.17, 15) is 0 Å². The Morgan fingerprint density at radius 3 is 2.42 bits per heavy atom. The number of benzene rings is 1. The van der Waals surface area contributed by atoms with E-state index < -0.39 is 8.07 Å². The maximum absolute atomic E-state index is 6.08. The van der Waals surface area contributed by atoms with Gasteiger partial charge in [-0.1, -0.05) is 63.3 Å². The molecule has 19 heavy (non-hydrogen) atoms. The molecular weight excluding hydrogens is 270 g/mol. The van der Waals surface area contributed by atoms with E-state index in [1.165, 1.54) is 11.6 Å². The quantitative estimate of drug-likeness (QED) is 0.711. The Morgan fingerprint density at radius 2 is 1.89 bits per heavy atom. The SMILES string of the molecule is CC(C)NCC(Cc1cccc(Cl)c1)C[Si](C)(C)C. The monoisotopic (exact) mass is 297 g/mol. The molecule has 0 saturated carbocycles. The molecule has 0 heterocycles. The molecule has 0 spiro atoms. The van der Waals surface area contributed by atoms with Crippen molar-refractivity contribution in [1.29, 1.82) is 0 Å². The minimum atomic E-state index is -1.03. The van der Waals surface area contributed by atoms with Gasteiger partial charge in [0.1, 0.15) is 0 Å². The number of rotatable bonds is 7. The van der Waals surface area contributed by atoms with Crippen LogP contribution in [-0.2, 0) is 6.42 Å². The van der Waals surface area contributed by atoms with Crippen molar-refractivity contribution < 1.29 is 0 Å². The molecule has 1 aromatic rings. The lowest BCUT2D eigenvalue weighted by molar-refractivity contribution is 0.472. The lowest BCUT2D eigenvalue weighted by Crippen LogP contribution is -2.34. The Hall–Kier alpha value is -0.313. The second-order valence-electron chi connectivity index (χ2n) is 7.03. The summed E-state index contributed by atoms with van der Waals surface area (Å²) in [4.78, 5) is 0. The second-order valence-corrected chi connectivity index (χ2v) is 13.0. The van der Waals surface area contributed by atoms with E-state index in [0.717, 1.165) is 18.0 Å². The zero-order valence-electron chi connectivity index (χ0n) is 13.0. The zero-order chi connectivity index (χ0) is 14.5. The molecule has 0 aromatic heterocycles. The molecule has 0 radical (unpaired) electrons. The lowest BCUT2D eigenvalue weighted by Gasteiger charge is -2.26. The van der Waals surface area contributed by atoms with E-state index in [-0.39, 0.29) is 0 Å². The van der Waals surface area contributed by atoms with Crippen molar-refractivity contribution in [3.05, 3.63) is 34.9 Å². The van der Waals surface area contributed by atoms with Gasteiger partial charge in [-0.05, 0) is 36.6 Å². The van der Waals surface area contributed by atoms with E-state index in [1.54, 1.807) is 0 Å². The summed E-state index contributed by atoms with van der Waals surface area (Å²) >= 11 is 6.08. The summed E-state index contributed by atoms with van der Waals surface area (Å²) in [5, 5.41) is 4.44. The summed E-state index contributed by atoms with van der Waals surface area (Å²) in [5.74, 6) is 0.715. The first-order chi connectivity index (χ1) is 8.76. The van der Waals surface area contributed by atoms with Crippen molar-refractivity contribution >= 4 is 19.7 Å². The number of hydrogen-bond acceptors (Lipinski definition) is 1. The van der Waals surface area contributed by atoms with Crippen LogP contribution in [0.15, 0.2) is 24.3 Å². The van der Waals surface area contributed by atoms with Crippen LogP contribution in [0.2, 0.25) is 30.7 Å². The summed E-state index contributed by atoms with van der Waals surface area (Å²) in [6, 6.07) is 10.2. The Bertz CT molecular complexity index is 385. The van der Waals surface area contributed by atoms with Crippen LogP contribution in [0.25, 0.3) is 0 Å². The van der Waals surface area contributed by atoms with Crippen LogP contribution >= 0.6 is 11.6 Å². The molecule has 1 unspecified atom stereocenters. The maximum Gasteiger partial charge on any atom is 0.0446 e. The predicted octanol–water partition coefficient (Wildman–Crippen LogP) is 4.83. The van der Waals surface area contributed by atoms with Crippen LogP contribution in [0.3, 0.4) is 0 Å². The van der Waals surface area contributed by atoms with Gasteiger partial charge in [0.05, 0.1) is 0 Å². The van der Waals surface area contributed by atoms with Crippen molar-refractivity contribution in [2.45, 2.75) is 52.0 Å². The zero-order valence-corrected chi connectivity index (χ0v) is 14.7. The molecule has 108 valence electrons. The summed E-state index contributed by atoms with van der Waals surface area (Å²) in [6.45, 7) is 12.9. The highest BCUT2D eigenvalue weighted by Crippen LogP contribution is 2.22. The van der Waals surface area contributed by atoms with Crippen LogP contribution in [-0.4, -0.2) is 20.7 Å². The van der Waals surface area contributed by atoms with Crippen LogP contribution in [0, 0.1) is 5.92 Å². The Balaban J connectivity index is 2.67. The standard InChI is InChI=1S/C16H28ClNSi/c1-13(2)18-11-15(12-19(3,4)5)9-14-7-6-8-16(17)10-14/h6-8,10,13,15,18H,9,11-12H2,1-5H3. The highest BCUT2D eigenvalue weighted by Gasteiger charge is 2.21. The van der Waals surface area contributed by atoms with Gasteiger partial charge in [-0.3, -0.25) is 0 Å². The van der Waals surface area contributed by atoms with Crippen LogP contribution in [0.4, 0.5) is 0 Å². The molecule has 0 aliphatic rings. The van der Waals surface area contributed by atoms with Crippen molar-refractivity contribution in [2.24, 2.45) is 5.92 Å². The minimum Gasteiger partial charge on any atom is -0.314 e. The molecule has 0 bridgehead atoms. The fourth-order valence-electron chi connectivity index (χ4n) is 2.48. The predicted molar refractivity (Wildman–Crippen MR) is 89.9 cm³/mol. The van der Waals surface area contributed by atoms with Crippen molar-refractivity contribution in [1.82, 2.24) is 5.32 Å². The van der Waals surface area contributed by atoms with Crippen molar-refractivity contribution in [2.75, 3.05) is 6.54 Å². The molecule has 0 aliphatic heterocycles. The van der Waals surface area contributed by atoms with Crippen LogP contribution in [0.1, 0.15) is 19.4 Å². The minimum absolute atomic E-state index is 0.559. The summed E-state index contributed by atoms with van der Waals surface area (Å²) < 4.78 is 0. The third-order valence-electron chi connectivity index (χ3n) is 3.13. The molecule has 1 atom stereocenters. The van der Waals surface area contributed by atoms with Gasteiger partial charge in [0.15, 0.2) is 0 Å². The van der Waals surface area contributed by atoms with Gasteiger partial charge in [0, 0.05) is 19.1 Å². The summed E-state index contributed by atoms with van der Waals surface area (Å²) in [7, 11) is -1.03. The Kier molecular flexibility index (Phi) is 6.58. The molecule has 0 amide bonds. The number of hydrogen-bond donors (Lipinski definition) is 1. The molecular formula is C16H28ClNSi. The van der Waals surface area contributed by atoms with E-state index >= 15 is 0 Å². The van der Waals surface area contributed by atoms with Gasteiger partial charge in [0.25, 0.3) is 0 Å². The van der Waals surface area contributed by atoms with Crippen molar-refractivity contribution in [3.63, 3.8) is 0 Å². The number of nitrogens with one attached hydrogen (secondary N) is 1. The van der Waals surface area contributed by atoms with E-state index in [2.05, 4.69) is 57.0 Å². The maximum atomic E-state index is 6.08. The highest BCUT2D eigenvalue weighted by molar-refractivity contribution is 6.76. The van der Waals surface area contributed by atoms with Gasteiger partial charge in [-0.2, -0.15) is 0 Å². The van der Waals surface area contributed by atoms with Gasteiger partial charge < -0.3 is 5.32 Å². The Labute approximate surface area is 124 Å². The average Bonchev–Trinajstić information content (AvgIpc) is 2.24. The molecule has 0 saturated heterocycles. The third kappa shape index (κ3) is 7.76. The molecule has 0 fully saturated rings. The first kappa shape index (κ1) is 16.7. The van der Waals surface area contributed by atoms with Gasteiger partial charge in [-0.15, -0.1) is 0 Å². The first-order valence-electron chi connectivity index (χ1n) is 7.24. The van der Waals surface area contributed by atoms with Gasteiger partial charge in [0.2, 0.25) is 0 Å². The van der Waals surface area contributed by atoms with Crippen molar-refractivity contribution in [3.8, 4) is 0 Å². The average molecular weight is 298 g/mol. The first-order valence-corrected chi connectivity index (χ1v) is 11.3. The van der Waals surface area contributed by atoms with E-state index in [4.69, 9.17) is 11.6 Å². The summed E-state index contributed by atoms with van der Waals surface area (Å²) in [6.07, 6.45) is 1.13. The van der Waals surface area contributed by atoms with Crippen LogP contribution in [0.5, 0.6) is 0 Å². The fraction of sp³-hybridized carbons (Fsp3) is 0.625. The van der Waals surface area contributed by atoms with Crippen LogP contribution < -0.4 is 5.32 Å². The number of halogens is 1. The highest BCUT2D eigenvalue weighted by atomic mass is 35.5. The second kappa shape index (κ2) is 7.46. The molecule has 1 nitrogen and oxygen atoms in total. The lowest BCUT2D eigenvalue weighted by atomic mass is 10.0. The molecule has 3 heteroatoms. The topological polar surface area (TPSA) is 12.0 Å². The molecule has 1 rings (SSSR count). The van der Waals surface area contributed by atoms with Gasteiger partial charge in [-0.25, -0.2) is 0 Å². The fourth-order valence-corrected chi connectivity index (χ4v) is 4.72. The summed E-state index contributed by atoms with van der Waals surface area (Å²) in [5.41, 5.74) is 1.36.